The van der Waals surface area contributed by atoms with E-state index in [2.05, 4.69) is 15.3 Å². The summed E-state index contributed by atoms with van der Waals surface area (Å²) < 4.78 is 2.09. The van der Waals surface area contributed by atoms with Crippen LogP contribution in [0.2, 0.25) is 0 Å². The molecule has 2 N–H and O–H groups in total. The fraction of sp³-hybridized carbons (Fsp3) is 0. The Labute approximate surface area is 92.1 Å². The Kier molecular flexibility index (Phi) is 1.63. The van der Waals surface area contributed by atoms with Crippen molar-refractivity contribution in [1.29, 1.82) is 0 Å². The predicted molar refractivity (Wildman–Crippen MR) is 54.9 cm³/mol. The number of carbonyl (C=O) groups is 1. The summed E-state index contributed by atoms with van der Waals surface area (Å²) in [5, 5.41) is 19.8. The maximum absolute atomic E-state index is 10.8. The summed E-state index contributed by atoms with van der Waals surface area (Å²) in [4.78, 5) is 14.7. The van der Waals surface area contributed by atoms with Crippen molar-refractivity contribution >= 4 is 39.0 Å². The van der Waals surface area contributed by atoms with Gasteiger partial charge in [0, 0.05) is 0 Å². The molecule has 0 atom stereocenters. The van der Waals surface area contributed by atoms with Gasteiger partial charge in [0.2, 0.25) is 0 Å². The lowest BCUT2D eigenvalue weighted by molar-refractivity contribution is -0.255. The Morgan fingerprint density at radius 1 is 1.56 bits per heavy atom. The van der Waals surface area contributed by atoms with Gasteiger partial charge < -0.3 is 15.6 Å². The Balaban J connectivity index is 2.55. The summed E-state index contributed by atoms with van der Waals surface area (Å²) in [6, 6.07) is 1.78. The topological polar surface area (TPSA) is 109 Å². The van der Waals surface area contributed by atoms with E-state index >= 15 is 0 Å². The molecule has 8 heteroatoms. The average Bonchev–Trinajstić information content (AvgIpc) is 2.80. The van der Waals surface area contributed by atoms with E-state index in [1.54, 1.807) is 6.07 Å². The van der Waals surface area contributed by atoms with Crippen LogP contribution < -0.4 is 10.8 Å². The number of hydrogen-bond acceptors (Lipinski definition) is 7. The molecule has 80 valence electrons. The molecule has 0 aliphatic heterocycles. The minimum atomic E-state index is -1.42. The molecule has 3 heterocycles. The molecule has 0 bridgehead atoms. The van der Waals surface area contributed by atoms with E-state index < -0.39 is 5.97 Å². The molecule has 3 aromatic heterocycles. The van der Waals surface area contributed by atoms with Crippen LogP contribution in [-0.2, 0) is 0 Å². The summed E-state index contributed by atoms with van der Waals surface area (Å²) >= 11 is 1.41. The minimum absolute atomic E-state index is 0.100. The summed E-state index contributed by atoms with van der Waals surface area (Å²) in [6.45, 7) is 0. The molecule has 0 aromatic carbocycles. The number of nitrogens with zero attached hydrogens (tertiary/aromatic N) is 4. The van der Waals surface area contributed by atoms with E-state index in [9.17, 15) is 9.90 Å². The third kappa shape index (κ3) is 1.01. The number of carbonyl (C=O) groups excluding carboxylic acids is 1. The summed E-state index contributed by atoms with van der Waals surface area (Å²) in [7, 11) is 0. The zero-order chi connectivity index (χ0) is 11.3. The van der Waals surface area contributed by atoms with Crippen molar-refractivity contribution in [3.05, 3.63) is 17.1 Å². The minimum Gasteiger partial charge on any atom is -0.543 e. The predicted octanol–water partition coefficient (Wildman–Crippen LogP) is -0.715. The smallest absolute Gasteiger partial charge is 0.187 e. The van der Waals surface area contributed by atoms with Crippen LogP contribution in [0.5, 0.6) is 0 Å². The highest BCUT2D eigenvalue weighted by Crippen LogP contribution is 2.26. The molecule has 16 heavy (non-hydrogen) atoms. The molecule has 0 fully saturated rings. The fourth-order valence-corrected chi connectivity index (χ4v) is 2.27. The number of nitrogen functional groups attached to an aromatic ring is 1. The van der Waals surface area contributed by atoms with Crippen molar-refractivity contribution in [2.45, 2.75) is 0 Å². The second kappa shape index (κ2) is 2.89. The highest BCUT2D eigenvalue weighted by Gasteiger charge is 2.14. The lowest BCUT2D eigenvalue weighted by atomic mass is 10.4. The van der Waals surface area contributed by atoms with E-state index in [0.717, 1.165) is 4.70 Å². The molecule has 0 aliphatic rings. The number of hydrogen-bond donors (Lipinski definition) is 1. The molecule has 0 aliphatic carbocycles. The van der Waals surface area contributed by atoms with Gasteiger partial charge in [0.1, 0.15) is 5.82 Å². The number of fused-ring (bicyclic) bond motifs is 3. The van der Waals surface area contributed by atoms with Crippen LogP contribution in [0.3, 0.4) is 0 Å². The number of anilines is 1. The number of aromatic nitrogens is 4. The highest BCUT2D eigenvalue weighted by molar-refractivity contribution is 7.17. The summed E-state index contributed by atoms with van der Waals surface area (Å²) in [5.41, 5.74) is 6.19. The maximum atomic E-state index is 10.8. The normalized spacial score (nSPS) is 11.2. The SMILES string of the molecule is Nc1nc2c(C(=O)[O-])nnn2c2ccsc12. The molecule has 7 nitrogen and oxygen atoms in total. The van der Waals surface area contributed by atoms with Gasteiger partial charge >= 0.3 is 0 Å². The van der Waals surface area contributed by atoms with Crippen molar-refractivity contribution in [3.63, 3.8) is 0 Å². The molecular weight excluding hydrogens is 230 g/mol. The van der Waals surface area contributed by atoms with Gasteiger partial charge in [-0.05, 0) is 11.4 Å². The van der Waals surface area contributed by atoms with Crippen LogP contribution in [-0.4, -0.2) is 25.8 Å². The second-order valence-electron chi connectivity index (χ2n) is 3.09. The average molecular weight is 234 g/mol. The van der Waals surface area contributed by atoms with Crippen molar-refractivity contribution in [2.75, 3.05) is 5.73 Å². The van der Waals surface area contributed by atoms with E-state index in [0.29, 0.717) is 5.52 Å². The molecule has 3 aromatic rings. The molecular formula is C8H4N5O2S-. The number of rotatable bonds is 1. The molecule has 0 radical (unpaired) electrons. The zero-order valence-corrected chi connectivity index (χ0v) is 8.56. The number of carboxylic acids is 1. The fourth-order valence-electron chi connectivity index (χ4n) is 1.50. The van der Waals surface area contributed by atoms with E-state index in [1.165, 1.54) is 15.9 Å². The van der Waals surface area contributed by atoms with E-state index in [1.807, 2.05) is 5.38 Å². The molecule has 0 saturated carbocycles. The van der Waals surface area contributed by atoms with Gasteiger partial charge in [-0.15, -0.1) is 16.4 Å². The van der Waals surface area contributed by atoms with Gasteiger partial charge in [-0.25, -0.2) is 4.98 Å². The lowest BCUT2D eigenvalue weighted by Crippen LogP contribution is -2.23. The first kappa shape index (κ1) is 9.04. The zero-order valence-electron chi connectivity index (χ0n) is 7.75. The van der Waals surface area contributed by atoms with Gasteiger partial charge in [0.25, 0.3) is 0 Å². The Bertz CT molecular complexity index is 716. The first-order chi connectivity index (χ1) is 7.68. The number of nitrogens with two attached hydrogens (primary N) is 1. The van der Waals surface area contributed by atoms with Gasteiger partial charge in [-0.2, -0.15) is 4.52 Å². The number of aromatic carboxylic acids is 1. The lowest BCUT2D eigenvalue weighted by Gasteiger charge is -2.00. The van der Waals surface area contributed by atoms with Gasteiger partial charge in [0.05, 0.1) is 16.2 Å². The number of carboxylic acid groups (broad SMARTS) is 1. The molecule has 3 rings (SSSR count). The Hall–Kier alpha value is -2.22. The first-order valence-corrected chi connectivity index (χ1v) is 5.16. The van der Waals surface area contributed by atoms with Crippen molar-refractivity contribution in [3.8, 4) is 0 Å². The largest absolute Gasteiger partial charge is 0.543 e. The van der Waals surface area contributed by atoms with Gasteiger partial charge in [-0.1, -0.05) is 5.21 Å². The third-order valence-electron chi connectivity index (χ3n) is 2.17. The van der Waals surface area contributed by atoms with Crippen molar-refractivity contribution in [1.82, 2.24) is 19.8 Å². The highest BCUT2D eigenvalue weighted by atomic mass is 32.1. The molecule has 0 saturated heterocycles. The summed E-state index contributed by atoms with van der Waals surface area (Å²) in [6.07, 6.45) is 0. The van der Waals surface area contributed by atoms with Crippen LogP contribution in [0.15, 0.2) is 11.4 Å². The maximum Gasteiger partial charge on any atom is 0.187 e. The Morgan fingerprint density at radius 3 is 3.12 bits per heavy atom. The van der Waals surface area contributed by atoms with Gasteiger partial charge in [0.15, 0.2) is 11.3 Å². The van der Waals surface area contributed by atoms with Crippen molar-refractivity contribution in [2.24, 2.45) is 0 Å². The van der Waals surface area contributed by atoms with E-state index in [4.69, 9.17) is 5.73 Å². The van der Waals surface area contributed by atoms with Crippen LogP contribution in [0.1, 0.15) is 10.5 Å². The van der Waals surface area contributed by atoms with Crippen LogP contribution in [0, 0.1) is 0 Å². The van der Waals surface area contributed by atoms with Crippen molar-refractivity contribution < 1.29 is 9.90 Å². The standard InChI is InChI=1S/C8H5N5O2S/c9-6-5-3(1-2-16-5)13-7(10-6)4(8(14)15)11-12-13/h1-2H,(H2,9,10)(H,14,15)/p-1. The molecule has 0 amide bonds. The third-order valence-corrected chi connectivity index (χ3v) is 3.10. The number of thiophene rings is 1. The molecule has 0 spiro atoms. The second-order valence-corrected chi connectivity index (χ2v) is 4.01. The van der Waals surface area contributed by atoms with E-state index in [-0.39, 0.29) is 17.2 Å². The first-order valence-electron chi connectivity index (χ1n) is 4.28. The quantitative estimate of drug-likeness (QED) is 0.595. The van der Waals surface area contributed by atoms with Crippen LogP contribution in [0.25, 0.3) is 15.9 Å². The van der Waals surface area contributed by atoms with Gasteiger partial charge in [-0.3, -0.25) is 0 Å². The van der Waals surface area contributed by atoms with Crippen LogP contribution >= 0.6 is 11.3 Å². The molecule has 0 unspecified atom stereocenters. The Morgan fingerprint density at radius 2 is 2.38 bits per heavy atom. The summed E-state index contributed by atoms with van der Waals surface area (Å²) in [5.74, 6) is -1.15. The van der Waals surface area contributed by atoms with Crippen LogP contribution in [0.4, 0.5) is 5.82 Å². The monoisotopic (exact) mass is 234 g/mol.